The van der Waals surface area contributed by atoms with Gasteiger partial charge in [0.1, 0.15) is 11.9 Å². The Morgan fingerprint density at radius 3 is 2.68 bits per heavy atom. The number of aromatic nitrogens is 3. The molecule has 0 bridgehead atoms. The first-order valence-corrected chi connectivity index (χ1v) is 11.0. The number of sulfonamides is 1. The minimum absolute atomic E-state index is 0.0211. The highest BCUT2D eigenvalue weighted by atomic mass is 32.2. The molecular weight excluding hydrogens is 420 g/mol. The molecule has 2 N–H and O–H groups in total. The lowest BCUT2D eigenvalue weighted by Gasteiger charge is -2.16. The maximum absolute atomic E-state index is 12.8. The molecule has 1 aromatic carbocycles. The summed E-state index contributed by atoms with van der Waals surface area (Å²) in [4.78, 5) is 25.6. The summed E-state index contributed by atoms with van der Waals surface area (Å²) in [6.45, 7) is 3.68. The maximum Gasteiger partial charge on any atom is 0.263 e. The van der Waals surface area contributed by atoms with Gasteiger partial charge in [-0.2, -0.15) is 4.98 Å². The number of nitrogens with one attached hydrogen (secondary N) is 2. The first-order chi connectivity index (χ1) is 14.8. The highest BCUT2D eigenvalue weighted by Gasteiger charge is 2.32. The number of hydrogen-bond donors (Lipinski definition) is 2. The molecule has 0 unspecified atom stereocenters. The lowest BCUT2D eigenvalue weighted by Crippen LogP contribution is -2.38. The molecule has 0 saturated heterocycles. The van der Waals surface area contributed by atoms with Crippen molar-refractivity contribution in [1.29, 1.82) is 0 Å². The van der Waals surface area contributed by atoms with Crippen molar-refractivity contribution >= 4 is 21.8 Å². The molecule has 4 rings (SSSR count). The number of nitrogens with zero attached hydrogens (tertiary/aromatic N) is 4. The van der Waals surface area contributed by atoms with Crippen molar-refractivity contribution in [2.24, 2.45) is 10.9 Å². The zero-order valence-electron chi connectivity index (χ0n) is 16.8. The second kappa shape index (κ2) is 8.26. The number of benzene rings is 1. The van der Waals surface area contributed by atoms with E-state index in [1.807, 2.05) is 13.8 Å². The topological polar surface area (TPSA) is 139 Å². The van der Waals surface area contributed by atoms with E-state index in [1.165, 1.54) is 6.07 Å². The van der Waals surface area contributed by atoms with Crippen LogP contribution in [0.4, 0.5) is 0 Å². The Labute approximate surface area is 178 Å². The number of hydrogen-bond acceptors (Lipinski definition) is 8. The van der Waals surface area contributed by atoms with Crippen LogP contribution in [0.15, 0.2) is 63.2 Å². The fraction of sp³-hybridized carbons (Fsp3) is 0.250. The number of carbonyl (C=O) groups is 1. The molecule has 10 nitrogen and oxygen atoms in total. The fourth-order valence-corrected chi connectivity index (χ4v) is 4.33. The summed E-state index contributed by atoms with van der Waals surface area (Å²) in [5.41, 5.74) is 1.19. The van der Waals surface area contributed by atoms with Gasteiger partial charge in [0.25, 0.3) is 10.0 Å². The summed E-state index contributed by atoms with van der Waals surface area (Å²) in [6.07, 6.45) is 3.24. The van der Waals surface area contributed by atoms with E-state index in [1.54, 1.807) is 42.7 Å². The lowest BCUT2D eigenvalue weighted by atomic mass is 10.0. The number of aliphatic imine (C=N–C) groups is 1. The molecule has 2 aromatic heterocycles. The van der Waals surface area contributed by atoms with Gasteiger partial charge in [0.2, 0.25) is 17.6 Å². The van der Waals surface area contributed by atoms with Gasteiger partial charge >= 0.3 is 0 Å². The summed E-state index contributed by atoms with van der Waals surface area (Å²) in [5.74, 6) is 0.225. The van der Waals surface area contributed by atoms with E-state index in [0.29, 0.717) is 11.4 Å². The van der Waals surface area contributed by atoms with Crippen LogP contribution < -0.4 is 10.0 Å². The van der Waals surface area contributed by atoms with Gasteiger partial charge in [0.05, 0.1) is 11.4 Å². The van der Waals surface area contributed by atoms with Crippen LogP contribution in [0.5, 0.6) is 0 Å². The Morgan fingerprint density at radius 2 is 1.94 bits per heavy atom. The smallest absolute Gasteiger partial charge is 0.263 e. The average molecular weight is 440 g/mol. The van der Waals surface area contributed by atoms with Gasteiger partial charge < -0.3 is 9.84 Å². The van der Waals surface area contributed by atoms with Crippen LogP contribution in [0.1, 0.15) is 25.3 Å². The molecule has 1 amide bonds. The molecule has 11 heteroatoms. The third-order valence-corrected chi connectivity index (χ3v) is 6.05. The fourth-order valence-electron chi connectivity index (χ4n) is 3.09. The molecule has 0 saturated carbocycles. The molecule has 1 atom stereocenters. The molecule has 0 fully saturated rings. The first-order valence-electron chi connectivity index (χ1n) is 9.56. The minimum Gasteiger partial charge on any atom is -0.345 e. The van der Waals surface area contributed by atoms with Gasteiger partial charge in [-0.25, -0.2) is 8.42 Å². The van der Waals surface area contributed by atoms with Crippen LogP contribution in [-0.4, -0.2) is 41.3 Å². The number of pyridine rings is 1. The summed E-state index contributed by atoms with van der Waals surface area (Å²) in [7, 11) is -3.68. The van der Waals surface area contributed by atoms with Gasteiger partial charge in [-0.3, -0.25) is 19.5 Å². The Bertz CT molecular complexity index is 1240. The number of fused-ring (bicyclic) bond motifs is 1. The van der Waals surface area contributed by atoms with Crippen LogP contribution >= 0.6 is 0 Å². The largest absolute Gasteiger partial charge is 0.345 e. The van der Waals surface area contributed by atoms with Crippen molar-refractivity contribution in [3.8, 4) is 11.4 Å². The summed E-state index contributed by atoms with van der Waals surface area (Å²) >= 11 is 0. The van der Waals surface area contributed by atoms with E-state index in [4.69, 9.17) is 4.52 Å². The molecule has 3 aromatic rings. The summed E-state index contributed by atoms with van der Waals surface area (Å²) in [5, 5.41) is 6.63. The number of carbonyl (C=O) groups excluding carboxylic acids is 1. The lowest BCUT2D eigenvalue weighted by molar-refractivity contribution is -0.123. The zero-order chi connectivity index (χ0) is 22.0. The molecule has 0 aliphatic carbocycles. The van der Waals surface area contributed by atoms with Crippen molar-refractivity contribution in [2.45, 2.75) is 31.3 Å². The Balaban J connectivity index is 1.49. The molecule has 31 heavy (non-hydrogen) atoms. The Kier molecular flexibility index (Phi) is 5.51. The third kappa shape index (κ3) is 4.31. The minimum atomic E-state index is -3.68. The molecule has 0 radical (unpaired) electrons. The van der Waals surface area contributed by atoms with E-state index >= 15 is 0 Å². The van der Waals surface area contributed by atoms with Crippen molar-refractivity contribution in [2.75, 3.05) is 0 Å². The first kappa shape index (κ1) is 20.7. The van der Waals surface area contributed by atoms with E-state index in [9.17, 15) is 13.2 Å². The number of amidine groups is 1. The van der Waals surface area contributed by atoms with Crippen LogP contribution in [0, 0.1) is 5.92 Å². The second-order valence-corrected chi connectivity index (χ2v) is 8.88. The predicted octanol–water partition coefficient (Wildman–Crippen LogP) is 1.51. The van der Waals surface area contributed by atoms with Crippen molar-refractivity contribution in [1.82, 2.24) is 25.2 Å². The van der Waals surface area contributed by atoms with Gasteiger partial charge in [-0.05, 0) is 30.2 Å². The van der Waals surface area contributed by atoms with E-state index < -0.39 is 16.1 Å². The number of rotatable bonds is 6. The quantitative estimate of drug-likeness (QED) is 0.592. The van der Waals surface area contributed by atoms with E-state index in [2.05, 4.69) is 30.2 Å². The number of amides is 1. The Hall–Kier alpha value is -3.60. The van der Waals surface area contributed by atoms with Crippen LogP contribution in [0.3, 0.4) is 0 Å². The highest BCUT2D eigenvalue weighted by Crippen LogP contribution is 2.23. The predicted molar refractivity (Wildman–Crippen MR) is 111 cm³/mol. The van der Waals surface area contributed by atoms with E-state index in [-0.39, 0.29) is 35.0 Å². The van der Waals surface area contributed by atoms with E-state index in [0.717, 1.165) is 5.56 Å². The van der Waals surface area contributed by atoms with Gasteiger partial charge in [0, 0.05) is 23.5 Å². The maximum atomic E-state index is 12.8. The molecule has 1 aliphatic heterocycles. The second-order valence-electron chi connectivity index (χ2n) is 7.23. The van der Waals surface area contributed by atoms with Crippen molar-refractivity contribution in [3.63, 3.8) is 0 Å². The van der Waals surface area contributed by atoms with Crippen molar-refractivity contribution < 1.29 is 17.7 Å². The van der Waals surface area contributed by atoms with Crippen LogP contribution in [0.2, 0.25) is 0 Å². The van der Waals surface area contributed by atoms with Gasteiger partial charge in [-0.1, -0.05) is 31.1 Å². The SMILES string of the molecule is CC(C)[C@H](N=C1NS(=O)(=O)c2ccccc21)C(=O)NCc1nc(-c2ccncc2)no1. The van der Waals surface area contributed by atoms with Crippen LogP contribution in [0.25, 0.3) is 11.4 Å². The Morgan fingerprint density at radius 1 is 1.19 bits per heavy atom. The molecule has 3 heterocycles. The normalized spacial score (nSPS) is 16.7. The molecule has 0 spiro atoms. The summed E-state index contributed by atoms with van der Waals surface area (Å²) < 4.78 is 32.2. The molecule has 160 valence electrons. The highest BCUT2D eigenvalue weighted by molar-refractivity contribution is 7.90. The van der Waals surface area contributed by atoms with Gasteiger partial charge in [-0.15, -0.1) is 0 Å². The average Bonchev–Trinajstić information content (AvgIpc) is 3.33. The van der Waals surface area contributed by atoms with Gasteiger partial charge in [0.15, 0.2) is 0 Å². The monoisotopic (exact) mass is 440 g/mol. The van der Waals surface area contributed by atoms with Crippen molar-refractivity contribution in [3.05, 3.63) is 60.2 Å². The summed E-state index contributed by atoms with van der Waals surface area (Å²) in [6, 6.07) is 9.19. The molecule has 1 aliphatic rings. The standard InChI is InChI=1S/C20H20N6O4S/c1-12(2)17(24-19-14-5-3-4-6-15(14)31(28,29)26-19)20(27)22-11-16-23-18(25-30-16)13-7-9-21-10-8-13/h3-10,12,17H,11H2,1-2H3,(H,22,27)(H,24,26)/t17-/m0/s1. The third-order valence-electron chi connectivity index (χ3n) is 4.65. The zero-order valence-corrected chi connectivity index (χ0v) is 17.6. The molecular formula is C20H20N6O4S. The van der Waals surface area contributed by atoms with Crippen LogP contribution in [-0.2, 0) is 21.4 Å².